The minimum Gasteiger partial charge on any atom is -0.465 e. The van der Waals surface area contributed by atoms with E-state index in [0.29, 0.717) is 51.7 Å². The molecule has 1 N–H and O–H groups in total. The second-order valence-electron chi connectivity index (χ2n) is 9.19. The lowest BCUT2D eigenvalue weighted by molar-refractivity contribution is -0.155. The first-order valence-corrected chi connectivity index (χ1v) is 12.2. The number of carbonyl (C=O) groups excluding carboxylic acids is 3. The summed E-state index contributed by atoms with van der Waals surface area (Å²) in [7, 11) is 0. The van der Waals surface area contributed by atoms with Gasteiger partial charge >= 0.3 is 5.97 Å². The van der Waals surface area contributed by atoms with Gasteiger partial charge in [-0.1, -0.05) is 25.5 Å². The molecular formula is C25H38N2O6. The van der Waals surface area contributed by atoms with Crippen molar-refractivity contribution in [2.45, 2.75) is 69.6 Å². The maximum absolute atomic E-state index is 13.9. The average Bonchev–Trinajstić information content (AvgIpc) is 3.44. The number of hydrogen-bond donors (Lipinski definition) is 1. The number of nitrogens with zero attached hydrogens (tertiary/aromatic N) is 2. The minimum atomic E-state index is -1.01. The van der Waals surface area contributed by atoms with Crippen LogP contribution in [-0.4, -0.2) is 83.3 Å². The van der Waals surface area contributed by atoms with Crippen molar-refractivity contribution < 1.29 is 29.0 Å². The molecule has 0 aliphatic carbocycles. The third-order valence-electron chi connectivity index (χ3n) is 7.12. The van der Waals surface area contributed by atoms with E-state index in [4.69, 9.17) is 9.47 Å². The molecule has 3 heterocycles. The summed E-state index contributed by atoms with van der Waals surface area (Å²) in [5.41, 5.74) is -1.01. The van der Waals surface area contributed by atoms with Gasteiger partial charge in [0.25, 0.3) is 0 Å². The van der Waals surface area contributed by atoms with E-state index in [-0.39, 0.29) is 25.0 Å². The Labute approximate surface area is 196 Å². The van der Waals surface area contributed by atoms with E-state index in [9.17, 15) is 19.5 Å². The number of hydrogen-bond acceptors (Lipinski definition) is 6. The second kappa shape index (κ2) is 11.3. The molecule has 2 unspecified atom stereocenters. The zero-order valence-electron chi connectivity index (χ0n) is 19.7. The maximum atomic E-state index is 13.9. The lowest BCUT2D eigenvalue weighted by Gasteiger charge is -2.36. The largest absolute Gasteiger partial charge is 0.465 e. The van der Waals surface area contributed by atoms with Crippen molar-refractivity contribution in [3.63, 3.8) is 0 Å². The van der Waals surface area contributed by atoms with Crippen LogP contribution in [0.2, 0.25) is 0 Å². The lowest BCUT2D eigenvalue weighted by Crippen LogP contribution is -2.56. The molecule has 0 saturated carbocycles. The van der Waals surface area contributed by atoms with Gasteiger partial charge in [-0.25, -0.2) is 0 Å². The average molecular weight is 463 g/mol. The van der Waals surface area contributed by atoms with E-state index >= 15 is 0 Å². The maximum Gasteiger partial charge on any atom is 0.312 e. The fourth-order valence-corrected chi connectivity index (χ4v) is 5.64. The summed E-state index contributed by atoms with van der Waals surface area (Å²) in [6, 6.07) is -0.776. The predicted octanol–water partition coefficient (Wildman–Crippen LogP) is 2.07. The smallest absolute Gasteiger partial charge is 0.312 e. The van der Waals surface area contributed by atoms with Crippen molar-refractivity contribution in [2.75, 3.05) is 32.8 Å². The van der Waals surface area contributed by atoms with E-state index in [1.54, 1.807) is 22.0 Å². The summed E-state index contributed by atoms with van der Waals surface area (Å²) < 4.78 is 11.8. The van der Waals surface area contributed by atoms with Crippen molar-refractivity contribution >= 4 is 17.8 Å². The molecule has 8 heteroatoms. The van der Waals surface area contributed by atoms with Crippen molar-refractivity contribution in [1.82, 2.24) is 9.80 Å². The molecule has 2 amide bonds. The Bertz CT molecular complexity index is 755. The number of aliphatic hydroxyl groups is 1. The highest BCUT2D eigenvalue weighted by atomic mass is 16.6. The molecule has 3 rings (SSSR count). The van der Waals surface area contributed by atoms with E-state index in [0.717, 1.165) is 12.8 Å². The fourth-order valence-electron chi connectivity index (χ4n) is 5.64. The number of fused-ring (bicyclic) bond motifs is 1. The van der Waals surface area contributed by atoms with Crippen molar-refractivity contribution in [3.8, 4) is 0 Å². The Morgan fingerprint density at radius 2 is 2.09 bits per heavy atom. The number of aliphatic hydroxyl groups excluding tert-OH is 1. The van der Waals surface area contributed by atoms with Gasteiger partial charge in [0.2, 0.25) is 11.8 Å². The summed E-state index contributed by atoms with van der Waals surface area (Å²) in [6.07, 6.45) is 7.58. The highest BCUT2D eigenvalue weighted by molar-refractivity contribution is 5.98. The van der Waals surface area contributed by atoms with Crippen molar-refractivity contribution in [3.05, 3.63) is 25.3 Å². The molecule has 33 heavy (non-hydrogen) atoms. The van der Waals surface area contributed by atoms with Gasteiger partial charge in [-0.15, -0.1) is 13.2 Å². The Balaban J connectivity index is 1.92. The zero-order valence-corrected chi connectivity index (χ0v) is 19.7. The number of carbonyl (C=O) groups is 3. The molecule has 3 aliphatic rings. The van der Waals surface area contributed by atoms with Crippen LogP contribution in [0.25, 0.3) is 0 Å². The van der Waals surface area contributed by atoms with Gasteiger partial charge in [0.15, 0.2) is 0 Å². The first kappa shape index (κ1) is 25.4. The topological polar surface area (TPSA) is 96.4 Å². The highest BCUT2D eigenvalue weighted by Gasteiger charge is 2.74. The first-order valence-electron chi connectivity index (χ1n) is 12.2. The summed E-state index contributed by atoms with van der Waals surface area (Å²) in [6.45, 7) is 11.0. The van der Waals surface area contributed by atoms with Gasteiger partial charge in [-0.2, -0.15) is 0 Å². The molecule has 0 radical (unpaired) electrons. The number of amides is 2. The molecule has 3 saturated heterocycles. The molecular weight excluding hydrogens is 424 g/mol. The molecule has 0 aromatic rings. The van der Waals surface area contributed by atoms with Gasteiger partial charge in [-0.3, -0.25) is 14.4 Å². The van der Waals surface area contributed by atoms with Crippen LogP contribution in [0.15, 0.2) is 25.3 Å². The summed E-state index contributed by atoms with van der Waals surface area (Å²) in [4.78, 5) is 43.9. The zero-order chi connectivity index (χ0) is 24.0. The predicted molar refractivity (Wildman–Crippen MR) is 123 cm³/mol. The second-order valence-corrected chi connectivity index (χ2v) is 9.19. The van der Waals surface area contributed by atoms with Crippen LogP contribution in [0.3, 0.4) is 0 Å². The summed E-state index contributed by atoms with van der Waals surface area (Å²) in [5, 5.41) is 9.24. The Morgan fingerprint density at radius 1 is 1.30 bits per heavy atom. The van der Waals surface area contributed by atoms with Crippen LogP contribution >= 0.6 is 0 Å². The van der Waals surface area contributed by atoms with Crippen molar-refractivity contribution in [1.29, 1.82) is 0 Å². The summed E-state index contributed by atoms with van der Waals surface area (Å²) >= 11 is 0. The molecule has 1 spiro atoms. The van der Waals surface area contributed by atoms with Crippen molar-refractivity contribution in [2.24, 2.45) is 11.8 Å². The quantitative estimate of drug-likeness (QED) is 0.241. The third-order valence-corrected chi connectivity index (χ3v) is 7.12. The molecule has 5 atom stereocenters. The van der Waals surface area contributed by atoms with Gasteiger partial charge in [0, 0.05) is 26.2 Å². The van der Waals surface area contributed by atoms with Crippen LogP contribution in [-0.2, 0) is 23.9 Å². The molecule has 0 aromatic carbocycles. The van der Waals surface area contributed by atoms with Crippen LogP contribution in [0.4, 0.5) is 0 Å². The van der Waals surface area contributed by atoms with Crippen LogP contribution in [0.1, 0.15) is 51.9 Å². The van der Waals surface area contributed by atoms with Gasteiger partial charge in [0.05, 0.1) is 24.5 Å². The molecule has 184 valence electrons. The SMILES string of the molecule is C=CCCOC(=O)[C@@H]1[C@H]2C(=O)N(CCCCO)C(C(=O)N(CC=C)CCCC)C23CC[C@H]1O3. The van der Waals surface area contributed by atoms with Crippen LogP contribution in [0.5, 0.6) is 0 Å². The monoisotopic (exact) mass is 462 g/mol. The Kier molecular flexibility index (Phi) is 8.70. The summed E-state index contributed by atoms with van der Waals surface area (Å²) in [5.74, 6) is -2.21. The number of ether oxygens (including phenoxy) is 2. The van der Waals surface area contributed by atoms with Gasteiger partial charge < -0.3 is 24.4 Å². The van der Waals surface area contributed by atoms with Crippen LogP contribution in [0, 0.1) is 11.8 Å². The molecule has 0 aromatic heterocycles. The number of likely N-dealkylation sites (tertiary alicyclic amines) is 1. The van der Waals surface area contributed by atoms with Gasteiger partial charge in [-0.05, 0) is 38.5 Å². The molecule has 3 fully saturated rings. The normalized spacial score (nSPS) is 29.8. The first-order chi connectivity index (χ1) is 16.0. The Hall–Kier alpha value is -2.19. The minimum absolute atomic E-state index is 0.0190. The van der Waals surface area contributed by atoms with E-state index in [1.807, 2.05) is 0 Å². The van der Waals surface area contributed by atoms with Gasteiger partial charge in [0.1, 0.15) is 11.6 Å². The number of rotatable bonds is 14. The number of esters is 1. The van der Waals surface area contributed by atoms with E-state index in [2.05, 4.69) is 20.1 Å². The Morgan fingerprint density at radius 3 is 2.76 bits per heavy atom. The van der Waals surface area contributed by atoms with E-state index < -0.39 is 35.6 Å². The molecule has 8 nitrogen and oxygen atoms in total. The lowest BCUT2D eigenvalue weighted by atomic mass is 9.70. The van der Waals surface area contributed by atoms with Crippen LogP contribution < -0.4 is 0 Å². The number of unbranched alkanes of at least 4 members (excludes halogenated alkanes) is 2. The molecule has 2 bridgehead atoms. The third kappa shape index (κ3) is 4.73. The van der Waals surface area contributed by atoms with E-state index in [1.165, 1.54) is 0 Å². The standard InChI is InChI=1S/C25H38N2O6/c1-4-7-14-26(13-6-3)23(30)21-25-12-11-18(33-25)19(24(31)32-17-8-5-2)20(25)22(29)27(21)15-9-10-16-28/h5-6,18-21,28H,2-4,7-17H2,1H3/t18-,19+,20+,21?,25?/m1/s1. The molecule has 3 aliphatic heterocycles. The highest BCUT2D eigenvalue weighted by Crippen LogP contribution is 2.58. The fraction of sp³-hybridized carbons (Fsp3) is 0.720.